The van der Waals surface area contributed by atoms with Crippen LogP contribution in [-0.4, -0.2) is 102 Å². The van der Waals surface area contributed by atoms with Crippen molar-refractivity contribution in [1.82, 2.24) is 9.44 Å². The Morgan fingerprint density at radius 3 is 1.41 bits per heavy atom. The lowest BCUT2D eigenvalue weighted by Crippen LogP contribution is -2.49. The zero-order valence-electron chi connectivity index (χ0n) is 45.6. The number of carbonyl (C=O) groups excluding carboxylic acids is 2. The molecular weight excluding hydrogens is 1100 g/mol. The van der Waals surface area contributed by atoms with E-state index in [2.05, 4.69) is 43.5 Å². The number of ether oxygens (including phenoxy) is 2. The summed E-state index contributed by atoms with van der Waals surface area (Å²) in [4.78, 5) is 30.9. The van der Waals surface area contributed by atoms with E-state index in [-0.39, 0.29) is 57.1 Å². The number of halogens is 2. The molecule has 4 N–H and O–H groups in total. The number of aliphatic hydroxyl groups excluding tert-OH is 2. The van der Waals surface area contributed by atoms with Gasteiger partial charge in [0.15, 0.2) is 0 Å². The fourth-order valence-corrected chi connectivity index (χ4v) is 17.3. The smallest absolute Gasteiger partial charge is 0.264 e. The molecule has 0 aromatic heterocycles. The molecule has 4 heterocycles. The van der Waals surface area contributed by atoms with Gasteiger partial charge in [-0.1, -0.05) is 73.5 Å². The number of rotatable bonds is 0. The zero-order valence-corrected chi connectivity index (χ0v) is 48.8. The summed E-state index contributed by atoms with van der Waals surface area (Å²) in [6, 6.07) is 22.7. The molecule has 2 spiro atoms. The van der Waals surface area contributed by atoms with Gasteiger partial charge in [-0.3, -0.25) is 9.59 Å². The van der Waals surface area contributed by atoms with Gasteiger partial charge >= 0.3 is 0 Å². The van der Waals surface area contributed by atoms with Gasteiger partial charge in [-0.15, -0.1) is 0 Å². The third-order valence-electron chi connectivity index (χ3n) is 18.6. The van der Waals surface area contributed by atoms with Crippen molar-refractivity contribution in [3.8, 4) is 11.5 Å². The highest BCUT2D eigenvalue weighted by Crippen LogP contribution is 2.49. The molecule has 0 saturated heterocycles. The lowest BCUT2D eigenvalue weighted by Gasteiger charge is -2.45. The number of fused-ring (bicyclic) bond motifs is 8. The minimum Gasteiger partial charge on any atom is -0.490 e. The number of allylic oxidation sites excluding steroid dienone is 2. The van der Waals surface area contributed by atoms with Gasteiger partial charge in [0.2, 0.25) is 20.0 Å². The minimum atomic E-state index is -3.83. The van der Waals surface area contributed by atoms with Gasteiger partial charge in [0.1, 0.15) is 11.5 Å². The van der Waals surface area contributed by atoms with Gasteiger partial charge in [0.05, 0.1) is 48.3 Å². The molecule has 2 fully saturated rings. The van der Waals surface area contributed by atoms with Crippen molar-refractivity contribution in [3.63, 3.8) is 0 Å². The van der Waals surface area contributed by atoms with Crippen LogP contribution in [0.1, 0.15) is 121 Å². The van der Waals surface area contributed by atoms with Crippen molar-refractivity contribution in [3.05, 3.63) is 141 Å². The summed E-state index contributed by atoms with van der Waals surface area (Å²) in [6.45, 7) is 7.51. The van der Waals surface area contributed by atoms with Crippen LogP contribution >= 0.6 is 23.2 Å². The van der Waals surface area contributed by atoms with Crippen LogP contribution in [-0.2, 0) is 43.7 Å². The van der Waals surface area contributed by atoms with E-state index in [9.17, 15) is 36.6 Å². The van der Waals surface area contributed by atoms with Crippen LogP contribution < -0.4 is 28.7 Å². The maximum absolute atomic E-state index is 13.2. The van der Waals surface area contributed by atoms with E-state index in [1.54, 1.807) is 36.4 Å². The van der Waals surface area contributed by atoms with Gasteiger partial charge in [-0.2, -0.15) is 0 Å². The fraction of sp³-hybridized carbons (Fsp3) is 0.516. The van der Waals surface area contributed by atoms with Gasteiger partial charge in [0.25, 0.3) is 11.8 Å². The van der Waals surface area contributed by atoms with E-state index in [0.29, 0.717) is 62.5 Å². The van der Waals surface area contributed by atoms with E-state index < -0.39 is 44.1 Å². The first kappa shape index (κ1) is 56.7. The molecule has 12 rings (SSSR count). The summed E-state index contributed by atoms with van der Waals surface area (Å²) >= 11 is 12.7. The number of hydrogen-bond donors (Lipinski definition) is 4. The second-order valence-electron chi connectivity index (χ2n) is 24.5. The zero-order chi connectivity index (χ0) is 56.1. The van der Waals surface area contributed by atoms with Crippen molar-refractivity contribution in [2.75, 3.05) is 60.7 Å². The predicted molar refractivity (Wildman–Crippen MR) is 313 cm³/mol. The van der Waals surface area contributed by atoms with Crippen LogP contribution in [0, 0.1) is 35.5 Å². The van der Waals surface area contributed by atoms with Crippen molar-refractivity contribution in [2.24, 2.45) is 35.5 Å². The number of benzene rings is 4. The van der Waals surface area contributed by atoms with E-state index >= 15 is 0 Å². The molecule has 4 bridgehead atoms. The Labute approximate surface area is 481 Å². The quantitative estimate of drug-likeness (QED) is 0.122. The summed E-state index contributed by atoms with van der Waals surface area (Å²) in [7, 11) is -7.66. The maximum atomic E-state index is 13.2. The van der Waals surface area contributed by atoms with Crippen LogP contribution in [0.4, 0.5) is 11.4 Å². The summed E-state index contributed by atoms with van der Waals surface area (Å²) in [5, 5.41) is 23.5. The first-order valence-electron chi connectivity index (χ1n) is 28.7. The normalized spacial score (nSPS) is 32.5. The SMILES string of the molecule is C[C@@H]1C/C=C\[C@@H](O)[C@@H]2CC[C@H]2CN2C[C@@]3(CCCc4cc(Cl)ccc43)COc3ccc(cc32)C(=O)NS(=O)(=O)C1.C[C@H]1C/C=C\[C@@H](O)[C@@H]2CC[C@H]2CN2C[C@@]3(CCCc4cc(Cl)ccc43)COc3ccc(cc32)C(=O)NS(=O)(=O)C1. The molecule has 80 heavy (non-hydrogen) atoms. The second-order valence-corrected chi connectivity index (χ2v) is 28.9. The highest BCUT2D eigenvalue weighted by molar-refractivity contribution is 7.90. The molecule has 2 saturated carbocycles. The van der Waals surface area contributed by atoms with Crippen molar-refractivity contribution in [2.45, 2.75) is 114 Å². The van der Waals surface area contributed by atoms with Gasteiger partial charge < -0.3 is 29.5 Å². The molecule has 2 amide bonds. The third kappa shape index (κ3) is 12.0. The molecule has 14 nitrogen and oxygen atoms in total. The van der Waals surface area contributed by atoms with E-state index in [1.807, 2.05) is 50.3 Å². The first-order chi connectivity index (χ1) is 38.2. The van der Waals surface area contributed by atoms with Crippen LogP contribution in [0.5, 0.6) is 11.5 Å². The molecule has 428 valence electrons. The molecule has 0 unspecified atom stereocenters. The van der Waals surface area contributed by atoms with Crippen LogP contribution in [0.25, 0.3) is 0 Å². The van der Waals surface area contributed by atoms with Crippen LogP contribution in [0.3, 0.4) is 0 Å². The molecule has 18 heteroatoms. The number of sulfonamides is 2. The van der Waals surface area contributed by atoms with E-state index in [4.69, 9.17) is 32.7 Å². The molecule has 4 aliphatic carbocycles. The number of amides is 2. The highest BCUT2D eigenvalue weighted by atomic mass is 35.5. The molecular formula is C62H74Cl2N4O10S2. The second kappa shape index (κ2) is 22.9. The summed E-state index contributed by atoms with van der Waals surface area (Å²) in [5.41, 5.74) is 6.67. The summed E-state index contributed by atoms with van der Waals surface area (Å²) in [5.74, 6) is 0.224. The van der Waals surface area contributed by atoms with Crippen molar-refractivity contribution >= 4 is 66.4 Å². The van der Waals surface area contributed by atoms with Gasteiger partial charge in [-0.05, 0) is 195 Å². The third-order valence-corrected chi connectivity index (χ3v) is 22.1. The summed E-state index contributed by atoms with van der Waals surface area (Å²) in [6.07, 6.45) is 17.2. The number of nitrogens with one attached hydrogen (secondary N) is 2. The molecule has 10 atom stereocenters. The van der Waals surface area contributed by atoms with Gasteiger partial charge in [-0.25, -0.2) is 26.3 Å². The molecule has 8 aliphatic rings. The van der Waals surface area contributed by atoms with Crippen molar-refractivity contribution < 1.29 is 46.1 Å². The number of aliphatic hydroxyl groups is 2. The Morgan fingerprint density at radius 2 is 1.01 bits per heavy atom. The topological polar surface area (TPSA) is 192 Å². The molecule has 0 radical (unpaired) electrons. The first-order valence-corrected chi connectivity index (χ1v) is 32.7. The van der Waals surface area contributed by atoms with Gasteiger partial charge in [0, 0.05) is 58.2 Å². The molecule has 4 aromatic carbocycles. The standard InChI is InChI=1S/2C31H37ClN2O5S/c2*1-20-4-2-6-28(35)25-10-7-23(25)16-34-18-31(13-3-5-21-14-24(32)9-11-26(21)31)19-39-29-12-8-22(15-27(29)34)30(36)33-40(37,38)17-20/h2*2,6,8-9,11-12,14-15,20,23,25,28,35H,3-5,7,10,13,16-19H2,1H3,(H,33,36)/b2*6-2-/t20-,23+,25-,28-,31+;20-,23-,25+,28+,31-/m10/s1. The Bertz CT molecular complexity index is 3100. The Morgan fingerprint density at radius 1 is 0.588 bits per heavy atom. The Hall–Kier alpha value is -5.10. The largest absolute Gasteiger partial charge is 0.490 e. The average Bonchev–Trinajstić information content (AvgIpc) is 3.86. The van der Waals surface area contributed by atoms with E-state index in [0.717, 1.165) is 98.7 Å². The maximum Gasteiger partial charge on any atom is 0.264 e. The average molecular weight is 1170 g/mol. The number of hydrogen-bond acceptors (Lipinski definition) is 12. The predicted octanol–water partition coefficient (Wildman–Crippen LogP) is 9.71. The molecule has 4 aromatic rings. The monoisotopic (exact) mass is 1170 g/mol. The lowest BCUT2D eigenvalue weighted by molar-refractivity contribution is 0.0454. The van der Waals surface area contributed by atoms with Crippen molar-refractivity contribution in [1.29, 1.82) is 0 Å². The van der Waals surface area contributed by atoms with Crippen LogP contribution in [0.15, 0.2) is 97.1 Å². The summed E-state index contributed by atoms with van der Waals surface area (Å²) < 4.78 is 68.7. The Balaban J connectivity index is 0.000000169. The number of nitrogens with zero attached hydrogens (tertiary/aromatic N) is 2. The van der Waals surface area contributed by atoms with E-state index in [1.165, 1.54) is 22.3 Å². The lowest BCUT2D eigenvalue weighted by atomic mass is 9.68. The molecule has 4 aliphatic heterocycles. The van der Waals surface area contributed by atoms with Crippen LogP contribution in [0.2, 0.25) is 10.0 Å². The number of anilines is 2. The Kier molecular flexibility index (Phi) is 16.3. The number of carbonyl (C=O) groups is 2. The fourth-order valence-electron chi connectivity index (χ4n) is 14.2. The minimum absolute atomic E-state index is 0.135. The number of aryl methyl sites for hydroxylation is 2. The highest BCUT2D eigenvalue weighted by Gasteiger charge is 2.46.